The van der Waals surface area contributed by atoms with Crippen molar-refractivity contribution in [1.82, 2.24) is 0 Å². The van der Waals surface area contributed by atoms with Crippen molar-refractivity contribution in [3.8, 4) is 0 Å². The molecule has 0 aliphatic carbocycles. The minimum atomic E-state index is -0.661. The number of piperidine rings is 1. The SMILES string of the molecule is Cc1cccc(C)c1N1CCC(C(=O)O)C(C)(C)C1. The first-order chi connectivity index (χ1) is 8.83. The molecule has 1 unspecified atom stereocenters. The zero-order valence-electron chi connectivity index (χ0n) is 12.2. The van der Waals surface area contributed by atoms with Gasteiger partial charge in [-0.05, 0) is 36.8 Å². The summed E-state index contributed by atoms with van der Waals surface area (Å²) in [5.41, 5.74) is 3.62. The van der Waals surface area contributed by atoms with Crippen LogP contribution in [-0.2, 0) is 4.79 Å². The van der Waals surface area contributed by atoms with Crippen LogP contribution in [0.5, 0.6) is 0 Å². The van der Waals surface area contributed by atoms with Gasteiger partial charge in [-0.2, -0.15) is 0 Å². The van der Waals surface area contributed by atoms with Gasteiger partial charge in [-0.1, -0.05) is 32.0 Å². The molecule has 1 N–H and O–H groups in total. The van der Waals surface area contributed by atoms with Crippen molar-refractivity contribution >= 4 is 11.7 Å². The van der Waals surface area contributed by atoms with Gasteiger partial charge in [0.1, 0.15) is 0 Å². The Bertz CT molecular complexity index is 473. The van der Waals surface area contributed by atoms with Crippen LogP contribution in [0.4, 0.5) is 5.69 Å². The van der Waals surface area contributed by atoms with Crippen molar-refractivity contribution in [3.05, 3.63) is 29.3 Å². The number of para-hydroxylation sites is 1. The van der Waals surface area contributed by atoms with Crippen LogP contribution in [0.25, 0.3) is 0 Å². The predicted octanol–water partition coefficient (Wildman–Crippen LogP) is 3.24. The van der Waals surface area contributed by atoms with E-state index in [0.29, 0.717) is 0 Å². The summed E-state index contributed by atoms with van der Waals surface area (Å²) in [7, 11) is 0. The maximum Gasteiger partial charge on any atom is 0.307 e. The van der Waals surface area contributed by atoms with Crippen molar-refractivity contribution in [2.45, 2.75) is 34.1 Å². The molecule has 1 heterocycles. The van der Waals surface area contributed by atoms with Gasteiger partial charge in [0.05, 0.1) is 5.92 Å². The van der Waals surface area contributed by atoms with Crippen molar-refractivity contribution in [3.63, 3.8) is 0 Å². The van der Waals surface area contributed by atoms with Gasteiger partial charge < -0.3 is 10.0 Å². The highest BCUT2D eigenvalue weighted by Crippen LogP contribution is 2.38. The van der Waals surface area contributed by atoms with E-state index >= 15 is 0 Å². The number of aliphatic carboxylic acids is 1. The van der Waals surface area contributed by atoms with Crippen LogP contribution < -0.4 is 4.90 Å². The Labute approximate surface area is 115 Å². The maximum atomic E-state index is 11.3. The van der Waals surface area contributed by atoms with Crippen molar-refractivity contribution < 1.29 is 9.90 Å². The van der Waals surface area contributed by atoms with E-state index in [9.17, 15) is 9.90 Å². The number of carbonyl (C=O) groups is 1. The van der Waals surface area contributed by atoms with E-state index in [1.165, 1.54) is 16.8 Å². The molecule has 104 valence electrons. The zero-order chi connectivity index (χ0) is 14.2. The zero-order valence-corrected chi connectivity index (χ0v) is 12.2. The average molecular weight is 261 g/mol. The van der Waals surface area contributed by atoms with Crippen molar-refractivity contribution in [1.29, 1.82) is 0 Å². The molecule has 3 nitrogen and oxygen atoms in total. The van der Waals surface area contributed by atoms with Crippen LogP contribution >= 0.6 is 0 Å². The first-order valence-electron chi connectivity index (χ1n) is 6.87. The van der Waals surface area contributed by atoms with Gasteiger partial charge in [0.2, 0.25) is 0 Å². The van der Waals surface area contributed by atoms with E-state index in [-0.39, 0.29) is 11.3 Å². The van der Waals surface area contributed by atoms with E-state index in [1.807, 2.05) is 0 Å². The molecule has 0 saturated carbocycles. The molecule has 1 fully saturated rings. The molecular formula is C16H23NO2. The number of rotatable bonds is 2. The summed E-state index contributed by atoms with van der Waals surface area (Å²) in [6, 6.07) is 6.32. The Morgan fingerprint density at radius 3 is 2.37 bits per heavy atom. The first-order valence-corrected chi connectivity index (χ1v) is 6.87. The van der Waals surface area contributed by atoms with Gasteiger partial charge in [0.25, 0.3) is 0 Å². The lowest BCUT2D eigenvalue weighted by molar-refractivity contribution is -0.146. The van der Waals surface area contributed by atoms with E-state index in [2.05, 4.69) is 50.8 Å². The second-order valence-electron chi connectivity index (χ2n) is 6.33. The van der Waals surface area contributed by atoms with E-state index < -0.39 is 5.97 Å². The topological polar surface area (TPSA) is 40.5 Å². The summed E-state index contributed by atoms with van der Waals surface area (Å²) in [4.78, 5) is 13.7. The molecule has 0 bridgehead atoms. The molecule has 19 heavy (non-hydrogen) atoms. The van der Waals surface area contributed by atoms with E-state index in [1.54, 1.807) is 0 Å². The molecule has 0 spiro atoms. The highest BCUT2D eigenvalue weighted by atomic mass is 16.4. The number of nitrogens with zero attached hydrogens (tertiary/aromatic N) is 1. The third-order valence-electron chi connectivity index (χ3n) is 4.28. The fourth-order valence-corrected chi connectivity index (χ4v) is 3.31. The Morgan fingerprint density at radius 2 is 1.89 bits per heavy atom. The molecule has 1 aliphatic rings. The largest absolute Gasteiger partial charge is 0.481 e. The number of hydrogen-bond acceptors (Lipinski definition) is 2. The van der Waals surface area contributed by atoms with Crippen LogP contribution in [-0.4, -0.2) is 24.2 Å². The summed E-state index contributed by atoms with van der Waals surface area (Å²) in [6.07, 6.45) is 0.718. The molecule has 1 saturated heterocycles. The highest BCUT2D eigenvalue weighted by molar-refractivity contribution is 5.72. The van der Waals surface area contributed by atoms with Crippen LogP contribution in [0, 0.1) is 25.2 Å². The lowest BCUT2D eigenvalue weighted by Gasteiger charge is -2.44. The molecule has 0 radical (unpaired) electrons. The fourth-order valence-electron chi connectivity index (χ4n) is 3.31. The highest BCUT2D eigenvalue weighted by Gasteiger charge is 2.40. The summed E-state index contributed by atoms with van der Waals surface area (Å²) in [5, 5.41) is 9.32. The van der Waals surface area contributed by atoms with Gasteiger partial charge in [-0.15, -0.1) is 0 Å². The Hall–Kier alpha value is -1.51. The number of aryl methyl sites for hydroxylation is 2. The minimum Gasteiger partial charge on any atom is -0.481 e. The summed E-state index contributed by atoms with van der Waals surface area (Å²) < 4.78 is 0. The predicted molar refractivity (Wildman–Crippen MR) is 77.7 cm³/mol. The molecule has 2 rings (SSSR count). The maximum absolute atomic E-state index is 11.3. The first kappa shape index (κ1) is 13.9. The molecule has 1 aromatic carbocycles. The van der Waals surface area contributed by atoms with Gasteiger partial charge >= 0.3 is 5.97 Å². The number of anilines is 1. The average Bonchev–Trinajstić information content (AvgIpc) is 2.26. The van der Waals surface area contributed by atoms with Crippen LogP contribution in [0.2, 0.25) is 0 Å². The molecule has 1 aliphatic heterocycles. The third-order valence-corrected chi connectivity index (χ3v) is 4.28. The lowest BCUT2D eigenvalue weighted by Crippen LogP contribution is -2.48. The Kier molecular flexibility index (Phi) is 3.57. The molecular weight excluding hydrogens is 238 g/mol. The number of carboxylic acid groups (broad SMARTS) is 1. The fraction of sp³-hybridized carbons (Fsp3) is 0.562. The van der Waals surface area contributed by atoms with Crippen molar-refractivity contribution in [2.24, 2.45) is 11.3 Å². The number of benzene rings is 1. The molecule has 3 heteroatoms. The van der Waals surface area contributed by atoms with Crippen LogP contribution in [0.1, 0.15) is 31.4 Å². The molecule has 1 aromatic rings. The Balaban J connectivity index is 2.29. The monoisotopic (exact) mass is 261 g/mol. The van der Waals surface area contributed by atoms with Crippen LogP contribution in [0.15, 0.2) is 18.2 Å². The van der Waals surface area contributed by atoms with E-state index in [0.717, 1.165) is 19.5 Å². The second kappa shape index (κ2) is 4.87. The van der Waals surface area contributed by atoms with Gasteiger partial charge in [-0.25, -0.2) is 0 Å². The minimum absolute atomic E-state index is 0.196. The lowest BCUT2D eigenvalue weighted by atomic mass is 9.73. The Morgan fingerprint density at radius 1 is 1.32 bits per heavy atom. The van der Waals surface area contributed by atoms with Gasteiger partial charge in [0, 0.05) is 18.8 Å². The second-order valence-corrected chi connectivity index (χ2v) is 6.33. The van der Waals surface area contributed by atoms with Crippen molar-refractivity contribution in [2.75, 3.05) is 18.0 Å². The molecule has 0 amide bonds. The van der Waals surface area contributed by atoms with Gasteiger partial charge in [-0.3, -0.25) is 4.79 Å². The standard InChI is InChI=1S/C16H23NO2/c1-11-6-5-7-12(2)14(11)17-9-8-13(15(18)19)16(3,4)10-17/h5-7,13H,8-10H2,1-4H3,(H,18,19). The van der Waals surface area contributed by atoms with E-state index in [4.69, 9.17) is 0 Å². The smallest absolute Gasteiger partial charge is 0.307 e. The molecule has 0 aromatic heterocycles. The summed E-state index contributed by atoms with van der Waals surface area (Å²) in [6.45, 7) is 10.00. The molecule has 1 atom stereocenters. The van der Waals surface area contributed by atoms with Crippen LogP contribution in [0.3, 0.4) is 0 Å². The quantitative estimate of drug-likeness (QED) is 0.888. The number of hydrogen-bond donors (Lipinski definition) is 1. The summed E-state index contributed by atoms with van der Waals surface area (Å²) in [5.74, 6) is -0.903. The normalized spacial score (nSPS) is 22.3. The van der Waals surface area contributed by atoms with Gasteiger partial charge in [0.15, 0.2) is 0 Å². The summed E-state index contributed by atoms with van der Waals surface area (Å²) >= 11 is 0. The number of carboxylic acids is 1. The third kappa shape index (κ3) is 2.60.